The lowest BCUT2D eigenvalue weighted by molar-refractivity contribution is -0.193. The number of nitrogens with one attached hydrogen (secondary N) is 2. The fraction of sp³-hybridized carbons (Fsp3) is 0.727. The first kappa shape index (κ1) is 25.2. The van der Waals surface area contributed by atoms with Crippen LogP contribution in [0.5, 0.6) is 0 Å². The van der Waals surface area contributed by atoms with Crippen LogP contribution in [0, 0.1) is 0 Å². The molecular weight excluding hydrogens is 368 g/mol. The number of nitrogens with two attached hydrogens (primary N) is 1. The van der Waals surface area contributed by atoms with Gasteiger partial charge in [-0.05, 0) is 19.4 Å². The molecule has 1 amide bonds. The van der Waals surface area contributed by atoms with Gasteiger partial charge in [0.05, 0.1) is 6.54 Å². The van der Waals surface area contributed by atoms with Crippen molar-refractivity contribution in [2.24, 2.45) is 5.73 Å². The van der Waals surface area contributed by atoms with Crippen LogP contribution in [0.15, 0.2) is 0 Å². The van der Waals surface area contributed by atoms with E-state index in [4.69, 9.17) is 25.5 Å². The Hall–Kier alpha value is -2.09. The third-order valence-corrected chi connectivity index (χ3v) is 2.35. The fourth-order valence-electron chi connectivity index (χ4n) is 1.27. The summed E-state index contributed by atoms with van der Waals surface area (Å²) in [6.45, 7) is 2.34. The van der Waals surface area contributed by atoms with Gasteiger partial charge in [-0.2, -0.15) is 26.3 Å². The lowest BCUT2D eigenvalue weighted by Crippen LogP contribution is -2.45. The Morgan fingerprint density at radius 3 is 1.68 bits per heavy atom. The average molecular weight is 385 g/mol. The second-order valence-electron chi connectivity index (χ2n) is 4.50. The number of hydrogen-bond acceptors (Lipinski definition) is 5. The first-order valence-electron chi connectivity index (χ1n) is 6.50. The number of aliphatic carboxylic acids is 2. The summed E-state index contributed by atoms with van der Waals surface area (Å²) in [5.41, 5.74) is 4.99. The first-order valence-corrected chi connectivity index (χ1v) is 6.50. The van der Waals surface area contributed by atoms with Gasteiger partial charge in [0.2, 0.25) is 5.91 Å². The summed E-state index contributed by atoms with van der Waals surface area (Å²) in [7, 11) is 0. The Kier molecular flexibility index (Phi) is 11.5. The summed E-state index contributed by atoms with van der Waals surface area (Å²) >= 11 is 0. The van der Waals surface area contributed by atoms with Crippen molar-refractivity contribution in [3.63, 3.8) is 0 Å². The van der Waals surface area contributed by atoms with Crippen molar-refractivity contribution in [1.29, 1.82) is 0 Å². The van der Waals surface area contributed by atoms with Crippen molar-refractivity contribution >= 4 is 17.8 Å². The average Bonchev–Trinajstić information content (AvgIpc) is 2.45. The van der Waals surface area contributed by atoms with E-state index in [0.29, 0.717) is 12.6 Å². The lowest BCUT2D eigenvalue weighted by Gasteiger charge is -2.23. The minimum atomic E-state index is -5.08. The number of carbonyl (C=O) groups is 3. The van der Waals surface area contributed by atoms with Gasteiger partial charge < -0.3 is 26.6 Å². The van der Waals surface area contributed by atoms with E-state index >= 15 is 0 Å². The van der Waals surface area contributed by atoms with Gasteiger partial charge >= 0.3 is 24.3 Å². The number of carbonyl (C=O) groups excluding carboxylic acids is 1. The van der Waals surface area contributed by atoms with Crippen LogP contribution < -0.4 is 16.4 Å². The quantitative estimate of drug-likeness (QED) is 0.433. The molecule has 0 aliphatic carbocycles. The van der Waals surface area contributed by atoms with Crippen molar-refractivity contribution in [2.45, 2.75) is 31.2 Å². The Labute approximate surface area is 137 Å². The Morgan fingerprint density at radius 1 is 1.04 bits per heavy atom. The molecule has 1 saturated heterocycles. The molecule has 0 aromatic rings. The molecule has 1 rings (SSSR count). The minimum Gasteiger partial charge on any atom is -0.475 e. The number of amides is 1. The summed E-state index contributed by atoms with van der Waals surface area (Å²) in [5.74, 6) is -5.80. The molecule has 1 atom stereocenters. The maximum absolute atomic E-state index is 10.6. The summed E-state index contributed by atoms with van der Waals surface area (Å²) in [6, 6.07) is 0.427. The Bertz CT molecular complexity index is 411. The zero-order chi connectivity index (χ0) is 20.3. The highest BCUT2D eigenvalue weighted by Crippen LogP contribution is 2.13. The number of halogens is 6. The lowest BCUT2D eigenvalue weighted by atomic mass is 10.1. The van der Waals surface area contributed by atoms with Gasteiger partial charge in [-0.15, -0.1) is 0 Å². The summed E-state index contributed by atoms with van der Waals surface area (Å²) in [4.78, 5) is 28.2. The van der Waals surface area contributed by atoms with Gasteiger partial charge in [-0.1, -0.05) is 0 Å². The third kappa shape index (κ3) is 16.5. The zero-order valence-electron chi connectivity index (χ0n) is 12.6. The van der Waals surface area contributed by atoms with Crippen LogP contribution in [0.25, 0.3) is 0 Å². The Balaban J connectivity index is 0. The summed E-state index contributed by atoms with van der Waals surface area (Å²) < 4.78 is 63.5. The van der Waals surface area contributed by atoms with Crippen molar-refractivity contribution in [2.75, 3.05) is 19.6 Å². The molecule has 1 aliphatic rings. The van der Waals surface area contributed by atoms with Crippen molar-refractivity contribution in [3.05, 3.63) is 0 Å². The van der Waals surface area contributed by atoms with Gasteiger partial charge in [-0.25, -0.2) is 9.59 Å². The van der Waals surface area contributed by atoms with E-state index in [9.17, 15) is 31.1 Å². The number of rotatable bonds is 3. The van der Waals surface area contributed by atoms with E-state index in [1.165, 1.54) is 6.42 Å². The van der Waals surface area contributed by atoms with Gasteiger partial charge in [0.25, 0.3) is 0 Å². The molecular formula is C11H17F6N3O5. The summed E-state index contributed by atoms with van der Waals surface area (Å²) in [5, 5.41) is 20.6. The number of carboxylic acid groups (broad SMARTS) is 2. The molecule has 1 heterocycles. The van der Waals surface area contributed by atoms with Gasteiger partial charge in [-0.3, -0.25) is 4.79 Å². The predicted octanol–water partition coefficient (Wildman–Crippen LogP) is 0.0799. The van der Waals surface area contributed by atoms with Crippen molar-refractivity contribution in [3.8, 4) is 0 Å². The number of primary amides is 1. The SMILES string of the molecule is NC(=O)CN[C@@H]1CCCNC1.O=C(O)C(F)(F)F.O=C(O)C(F)(F)F. The van der Waals surface area contributed by atoms with Crippen LogP contribution in [0.4, 0.5) is 26.3 Å². The molecule has 0 radical (unpaired) electrons. The van der Waals surface area contributed by atoms with E-state index in [1.807, 2.05) is 0 Å². The highest BCUT2D eigenvalue weighted by molar-refractivity contribution is 5.75. The zero-order valence-corrected chi connectivity index (χ0v) is 12.6. The molecule has 1 fully saturated rings. The number of hydrogen-bond donors (Lipinski definition) is 5. The van der Waals surface area contributed by atoms with Crippen molar-refractivity contribution in [1.82, 2.24) is 10.6 Å². The standard InChI is InChI=1S/C7H15N3O.2C2HF3O2/c8-7(11)5-10-6-2-1-3-9-4-6;2*3-2(4,5)1(6)7/h6,9-10H,1-5H2,(H2,8,11);2*(H,6,7)/t6-;;/m1../s1. The second-order valence-corrected chi connectivity index (χ2v) is 4.50. The van der Waals surface area contributed by atoms with Crippen LogP contribution in [-0.4, -0.2) is 66.1 Å². The highest BCUT2D eigenvalue weighted by atomic mass is 19.4. The monoisotopic (exact) mass is 385 g/mol. The van der Waals surface area contributed by atoms with E-state index < -0.39 is 24.3 Å². The first-order chi connectivity index (χ1) is 11.2. The maximum atomic E-state index is 10.6. The van der Waals surface area contributed by atoms with E-state index in [1.54, 1.807) is 0 Å². The smallest absolute Gasteiger partial charge is 0.475 e. The largest absolute Gasteiger partial charge is 0.490 e. The number of alkyl halides is 6. The van der Waals surface area contributed by atoms with Crippen LogP contribution in [0.2, 0.25) is 0 Å². The number of piperidine rings is 1. The molecule has 148 valence electrons. The molecule has 1 aliphatic heterocycles. The molecule has 25 heavy (non-hydrogen) atoms. The normalized spacial score (nSPS) is 17.3. The molecule has 0 unspecified atom stereocenters. The maximum Gasteiger partial charge on any atom is 0.490 e. The predicted molar refractivity (Wildman–Crippen MR) is 70.5 cm³/mol. The Morgan fingerprint density at radius 2 is 1.44 bits per heavy atom. The van der Waals surface area contributed by atoms with E-state index in [-0.39, 0.29) is 5.91 Å². The minimum absolute atomic E-state index is 0.282. The molecule has 0 spiro atoms. The fourth-order valence-corrected chi connectivity index (χ4v) is 1.27. The van der Waals surface area contributed by atoms with Crippen LogP contribution in [0.3, 0.4) is 0 Å². The van der Waals surface area contributed by atoms with Gasteiger partial charge in [0.15, 0.2) is 0 Å². The second kappa shape index (κ2) is 11.5. The molecule has 14 heteroatoms. The molecule has 0 aromatic carbocycles. The van der Waals surface area contributed by atoms with E-state index in [2.05, 4.69) is 10.6 Å². The highest BCUT2D eigenvalue weighted by Gasteiger charge is 2.38. The van der Waals surface area contributed by atoms with Crippen molar-refractivity contribution < 1.29 is 50.9 Å². The molecule has 0 aromatic heterocycles. The third-order valence-electron chi connectivity index (χ3n) is 2.35. The summed E-state index contributed by atoms with van der Waals surface area (Å²) in [6.07, 6.45) is -7.85. The molecule has 8 nitrogen and oxygen atoms in total. The topological polar surface area (TPSA) is 142 Å². The molecule has 6 N–H and O–H groups in total. The van der Waals surface area contributed by atoms with Gasteiger partial charge in [0.1, 0.15) is 0 Å². The van der Waals surface area contributed by atoms with Gasteiger partial charge in [0, 0.05) is 12.6 Å². The van der Waals surface area contributed by atoms with Crippen LogP contribution >= 0.6 is 0 Å². The molecule has 0 bridgehead atoms. The van der Waals surface area contributed by atoms with E-state index in [0.717, 1.165) is 19.5 Å². The molecule has 0 saturated carbocycles. The van der Waals surface area contributed by atoms with Crippen LogP contribution in [-0.2, 0) is 14.4 Å². The number of carboxylic acids is 2. The van der Waals surface area contributed by atoms with Crippen LogP contribution in [0.1, 0.15) is 12.8 Å².